The monoisotopic (exact) mass is 301 g/mol. The maximum absolute atomic E-state index is 11.7. The summed E-state index contributed by atoms with van der Waals surface area (Å²) in [5.41, 5.74) is 1.20. The molecule has 0 atom stereocenters. The number of nitrogens with zero attached hydrogens (tertiary/aromatic N) is 3. The van der Waals surface area contributed by atoms with E-state index in [1.54, 1.807) is 4.57 Å². The molecule has 0 radical (unpaired) electrons. The molecule has 6 heteroatoms. The third kappa shape index (κ3) is 2.87. The van der Waals surface area contributed by atoms with Gasteiger partial charge >= 0.3 is 0 Å². The van der Waals surface area contributed by atoms with Crippen LogP contribution in [0.5, 0.6) is 5.88 Å². The van der Waals surface area contributed by atoms with Gasteiger partial charge in [-0.05, 0) is 25.8 Å². The second-order valence-corrected chi connectivity index (χ2v) is 5.35. The van der Waals surface area contributed by atoms with Gasteiger partial charge in [0.1, 0.15) is 0 Å². The molecule has 1 aromatic heterocycles. The van der Waals surface area contributed by atoms with Crippen molar-refractivity contribution < 1.29 is 14.6 Å². The molecule has 1 heterocycles. The lowest BCUT2D eigenvalue weighted by molar-refractivity contribution is -0.119. The summed E-state index contributed by atoms with van der Waals surface area (Å²) in [6.45, 7) is 3.58. The zero-order valence-electron chi connectivity index (χ0n) is 12.5. The van der Waals surface area contributed by atoms with Crippen LogP contribution in [-0.4, -0.2) is 28.8 Å². The highest BCUT2D eigenvalue weighted by Crippen LogP contribution is 2.39. The van der Waals surface area contributed by atoms with Gasteiger partial charge in [-0.25, -0.2) is 0 Å². The molecule has 2 aromatic rings. The quantitative estimate of drug-likeness (QED) is 0.656. The third-order valence-electron chi connectivity index (χ3n) is 3.76. The number of aromatic hydroxyl groups is 1. The van der Waals surface area contributed by atoms with Crippen LogP contribution in [0.25, 0.3) is 10.9 Å². The zero-order chi connectivity index (χ0) is 15.5. The van der Waals surface area contributed by atoms with Crippen LogP contribution >= 0.6 is 0 Å². The minimum atomic E-state index is -0.203. The summed E-state index contributed by atoms with van der Waals surface area (Å²) in [6, 6.07) is 7.54. The Balaban J connectivity index is 1.94. The predicted octanol–water partition coefficient (Wildman–Crippen LogP) is 3.40. The average molecular weight is 301 g/mol. The summed E-state index contributed by atoms with van der Waals surface area (Å²) >= 11 is 0. The smallest absolute Gasteiger partial charge is 0.267 e. The van der Waals surface area contributed by atoms with E-state index in [0.717, 1.165) is 23.7 Å². The molecule has 1 aliphatic rings. The van der Waals surface area contributed by atoms with Crippen LogP contribution in [0.1, 0.15) is 19.8 Å². The van der Waals surface area contributed by atoms with Gasteiger partial charge in [0.25, 0.3) is 5.91 Å². The molecule has 6 nitrogen and oxygen atoms in total. The van der Waals surface area contributed by atoms with E-state index in [1.165, 1.54) is 0 Å². The van der Waals surface area contributed by atoms with E-state index in [9.17, 15) is 9.90 Å². The van der Waals surface area contributed by atoms with Crippen molar-refractivity contribution in [2.45, 2.75) is 26.3 Å². The fourth-order valence-electron chi connectivity index (χ4n) is 2.41. The highest BCUT2D eigenvalue weighted by atomic mass is 16.5. The second kappa shape index (κ2) is 6.27. The lowest BCUT2D eigenvalue weighted by Crippen LogP contribution is -2.05. The van der Waals surface area contributed by atoms with Crippen molar-refractivity contribution in [2.24, 2.45) is 16.1 Å². The van der Waals surface area contributed by atoms with Gasteiger partial charge in [0.2, 0.25) is 5.88 Å². The normalized spacial score (nSPS) is 15.0. The number of azo groups is 1. The van der Waals surface area contributed by atoms with Gasteiger partial charge in [-0.1, -0.05) is 18.2 Å². The van der Waals surface area contributed by atoms with Crippen LogP contribution in [0, 0.1) is 5.92 Å². The maximum atomic E-state index is 11.7. The molecular formula is C16H19N3O3. The molecule has 0 saturated heterocycles. The van der Waals surface area contributed by atoms with Crippen molar-refractivity contribution in [3.05, 3.63) is 24.3 Å². The van der Waals surface area contributed by atoms with Crippen LogP contribution < -0.4 is 0 Å². The fourth-order valence-corrected chi connectivity index (χ4v) is 2.41. The summed E-state index contributed by atoms with van der Waals surface area (Å²) < 4.78 is 7.09. The van der Waals surface area contributed by atoms with Gasteiger partial charge in [0.05, 0.1) is 12.1 Å². The third-order valence-corrected chi connectivity index (χ3v) is 3.76. The Morgan fingerprint density at radius 1 is 1.41 bits per heavy atom. The molecule has 0 spiro atoms. The number of carbonyl (C=O) groups excluding carboxylic acids is 1. The van der Waals surface area contributed by atoms with E-state index in [-0.39, 0.29) is 17.7 Å². The number of ether oxygens (including phenoxy) is 1. The molecule has 0 bridgehead atoms. The van der Waals surface area contributed by atoms with E-state index in [1.807, 2.05) is 31.2 Å². The van der Waals surface area contributed by atoms with Crippen molar-refractivity contribution >= 4 is 22.5 Å². The molecular weight excluding hydrogens is 282 g/mol. The number of fused-ring (bicyclic) bond motifs is 1. The van der Waals surface area contributed by atoms with Crippen LogP contribution in [0.15, 0.2) is 34.5 Å². The van der Waals surface area contributed by atoms with Gasteiger partial charge in [-0.2, -0.15) is 0 Å². The zero-order valence-corrected chi connectivity index (χ0v) is 12.5. The molecule has 22 heavy (non-hydrogen) atoms. The van der Waals surface area contributed by atoms with Gasteiger partial charge in [-0.3, -0.25) is 4.79 Å². The molecule has 0 unspecified atom stereocenters. The van der Waals surface area contributed by atoms with Gasteiger partial charge in [0, 0.05) is 24.5 Å². The van der Waals surface area contributed by atoms with Crippen molar-refractivity contribution in [2.75, 3.05) is 13.2 Å². The number of para-hydroxylation sites is 1. The van der Waals surface area contributed by atoms with Crippen molar-refractivity contribution in [1.82, 2.24) is 4.57 Å². The van der Waals surface area contributed by atoms with Crippen molar-refractivity contribution in [3.8, 4) is 5.88 Å². The first-order valence-electron chi connectivity index (χ1n) is 7.56. The average Bonchev–Trinajstić information content (AvgIpc) is 3.33. The molecule has 1 N–H and O–H groups in total. The first kappa shape index (κ1) is 14.7. The van der Waals surface area contributed by atoms with Crippen molar-refractivity contribution in [3.63, 3.8) is 0 Å². The second-order valence-electron chi connectivity index (χ2n) is 5.35. The summed E-state index contributed by atoms with van der Waals surface area (Å²) in [5.74, 6) is -0.156. The van der Waals surface area contributed by atoms with Gasteiger partial charge < -0.3 is 14.4 Å². The van der Waals surface area contributed by atoms with Crippen LogP contribution in [0.2, 0.25) is 0 Å². The molecule has 116 valence electrons. The molecule has 1 aliphatic carbocycles. The Bertz CT molecular complexity index is 717. The standard InChI is InChI=1S/C16H19N3O3/c1-2-22-10-9-19-13-6-4-3-5-12(13)14(16(19)21)17-18-15(20)11-7-8-11/h3-6,11,21H,2,7-10H2,1H3. The summed E-state index contributed by atoms with van der Waals surface area (Å²) in [6.07, 6.45) is 1.78. The summed E-state index contributed by atoms with van der Waals surface area (Å²) in [4.78, 5) is 11.7. The van der Waals surface area contributed by atoms with E-state index in [4.69, 9.17) is 4.74 Å². The number of amides is 1. The number of benzene rings is 1. The molecule has 1 aromatic carbocycles. The van der Waals surface area contributed by atoms with E-state index in [2.05, 4.69) is 10.2 Å². The number of carbonyl (C=O) groups is 1. The van der Waals surface area contributed by atoms with Gasteiger partial charge in [0.15, 0.2) is 5.69 Å². The SMILES string of the molecule is CCOCCn1c(O)c(N=NC(=O)C2CC2)c2ccccc21. The topological polar surface area (TPSA) is 76.2 Å². The Labute approximate surface area is 128 Å². The molecule has 1 amide bonds. The Morgan fingerprint density at radius 3 is 2.91 bits per heavy atom. The minimum absolute atomic E-state index is 0.0215. The van der Waals surface area contributed by atoms with Crippen LogP contribution in [0.4, 0.5) is 5.69 Å². The minimum Gasteiger partial charge on any atom is -0.493 e. The van der Waals surface area contributed by atoms with E-state index >= 15 is 0 Å². The lowest BCUT2D eigenvalue weighted by Gasteiger charge is -2.06. The van der Waals surface area contributed by atoms with E-state index in [0.29, 0.717) is 25.4 Å². The van der Waals surface area contributed by atoms with Crippen LogP contribution in [0.3, 0.4) is 0 Å². The first-order chi connectivity index (χ1) is 10.7. The molecule has 1 fully saturated rings. The number of hydrogen-bond donors (Lipinski definition) is 1. The Hall–Kier alpha value is -2.21. The predicted molar refractivity (Wildman–Crippen MR) is 82.3 cm³/mol. The summed E-state index contributed by atoms with van der Waals surface area (Å²) in [5, 5.41) is 19.0. The van der Waals surface area contributed by atoms with Gasteiger partial charge in [-0.15, -0.1) is 10.2 Å². The highest BCUT2D eigenvalue weighted by molar-refractivity contribution is 5.95. The molecule has 0 aliphatic heterocycles. The van der Waals surface area contributed by atoms with Crippen molar-refractivity contribution in [1.29, 1.82) is 0 Å². The number of rotatable bonds is 6. The largest absolute Gasteiger partial charge is 0.493 e. The maximum Gasteiger partial charge on any atom is 0.267 e. The highest BCUT2D eigenvalue weighted by Gasteiger charge is 2.30. The number of aromatic nitrogens is 1. The molecule has 3 rings (SSSR count). The summed E-state index contributed by atoms with van der Waals surface area (Å²) in [7, 11) is 0. The fraction of sp³-hybridized carbons (Fsp3) is 0.438. The Morgan fingerprint density at radius 2 is 2.18 bits per heavy atom. The van der Waals surface area contributed by atoms with E-state index < -0.39 is 0 Å². The molecule has 1 saturated carbocycles. The lowest BCUT2D eigenvalue weighted by atomic mass is 10.2. The first-order valence-corrected chi connectivity index (χ1v) is 7.56. The number of hydrogen-bond acceptors (Lipinski definition) is 4. The van der Waals surface area contributed by atoms with Crippen LogP contribution in [-0.2, 0) is 16.1 Å². The Kier molecular flexibility index (Phi) is 4.20.